The van der Waals surface area contributed by atoms with Gasteiger partial charge in [-0.25, -0.2) is 4.79 Å². The van der Waals surface area contributed by atoms with Crippen molar-refractivity contribution >= 4 is 17.7 Å². The summed E-state index contributed by atoms with van der Waals surface area (Å²) < 4.78 is 12.9. The second-order valence-electron chi connectivity index (χ2n) is 8.05. The summed E-state index contributed by atoms with van der Waals surface area (Å²) in [4.78, 5) is 25.0. The molecule has 0 fully saturated rings. The largest absolute Gasteiger partial charge is 0.444 e. The number of carbonyl (C=O) groups is 2. The van der Waals surface area contributed by atoms with Crippen LogP contribution in [-0.4, -0.2) is 59.1 Å². The van der Waals surface area contributed by atoms with Crippen molar-refractivity contribution in [2.45, 2.75) is 39.3 Å². The molecule has 2 heterocycles. The van der Waals surface area contributed by atoms with Crippen molar-refractivity contribution in [1.29, 1.82) is 0 Å². The Morgan fingerprint density at radius 2 is 2.07 bits per heavy atom. The third kappa shape index (κ3) is 5.57. The van der Waals surface area contributed by atoms with Gasteiger partial charge >= 0.3 is 6.09 Å². The zero-order chi connectivity index (χ0) is 21.0. The molecule has 1 aromatic heterocycles. The fraction of sp³-hybridized carbons (Fsp3) is 0.476. The Balaban J connectivity index is 1.47. The van der Waals surface area contributed by atoms with Gasteiger partial charge in [-0.3, -0.25) is 9.48 Å². The van der Waals surface area contributed by atoms with Gasteiger partial charge in [0.2, 0.25) is 5.91 Å². The molecule has 1 aliphatic heterocycles. The number of fused-ring (bicyclic) bond motifs is 1. The van der Waals surface area contributed by atoms with E-state index in [0.717, 1.165) is 22.5 Å². The van der Waals surface area contributed by atoms with E-state index in [2.05, 4.69) is 10.4 Å². The van der Waals surface area contributed by atoms with Crippen LogP contribution < -0.4 is 5.32 Å². The Bertz CT molecular complexity index is 885. The van der Waals surface area contributed by atoms with Crippen molar-refractivity contribution in [3.63, 3.8) is 0 Å². The summed E-state index contributed by atoms with van der Waals surface area (Å²) in [5, 5.41) is 7.22. The highest BCUT2D eigenvalue weighted by atomic mass is 16.6. The van der Waals surface area contributed by atoms with Gasteiger partial charge in [0.05, 0.1) is 31.9 Å². The quantitative estimate of drug-likeness (QED) is 0.723. The molecule has 1 aliphatic rings. The first-order valence-corrected chi connectivity index (χ1v) is 9.70. The zero-order valence-corrected chi connectivity index (χ0v) is 17.4. The summed E-state index contributed by atoms with van der Waals surface area (Å²) >= 11 is 0. The minimum absolute atomic E-state index is 0.0235. The SMILES string of the molecule is CN(CCOCCn1nccc1-c1ccc2c(c1)CC(=O)N2)C(=O)OC(C)(C)C. The number of nitrogens with one attached hydrogen (secondary N) is 1. The van der Waals surface area contributed by atoms with Gasteiger partial charge in [-0.15, -0.1) is 0 Å². The van der Waals surface area contributed by atoms with Crippen LogP contribution in [0.15, 0.2) is 30.5 Å². The molecular weight excluding hydrogens is 372 g/mol. The van der Waals surface area contributed by atoms with Crippen molar-refractivity contribution in [3.8, 4) is 11.3 Å². The first-order valence-electron chi connectivity index (χ1n) is 9.70. The Morgan fingerprint density at radius 3 is 2.83 bits per heavy atom. The average molecular weight is 400 g/mol. The summed E-state index contributed by atoms with van der Waals surface area (Å²) in [7, 11) is 1.69. The van der Waals surface area contributed by atoms with Crippen molar-refractivity contribution in [1.82, 2.24) is 14.7 Å². The van der Waals surface area contributed by atoms with Gasteiger partial charge in [0.15, 0.2) is 0 Å². The topological polar surface area (TPSA) is 85.7 Å². The van der Waals surface area contributed by atoms with Gasteiger partial charge < -0.3 is 19.7 Å². The molecule has 0 radical (unpaired) electrons. The van der Waals surface area contributed by atoms with Gasteiger partial charge in [0.25, 0.3) is 0 Å². The maximum atomic E-state index is 11.9. The Hall–Kier alpha value is -2.87. The predicted molar refractivity (Wildman–Crippen MR) is 110 cm³/mol. The number of amides is 2. The number of nitrogens with zero attached hydrogens (tertiary/aromatic N) is 3. The van der Waals surface area contributed by atoms with Crippen LogP contribution in [0.1, 0.15) is 26.3 Å². The van der Waals surface area contributed by atoms with Crippen LogP contribution in [0.2, 0.25) is 0 Å². The third-order valence-corrected chi connectivity index (χ3v) is 4.47. The molecule has 29 heavy (non-hydrogen) atoms. The molecule has 0 spiro atoms. The standard InChI is InChI=1S/C21H28N4O4/c1-21(2,3)29-20(27)24(4)9-11-28-12-10-25-18(7-8-22-25)15-5-6-17-16(13-15)14-19(26)23-17/h5-8,13H,9-12,14H2,1-4H3,(H,23,26). The summed E-state index contributed by atoms with van der Waals surface area (Å²) in [6.45, 7) is 7.45. The molecule has 0 saturated heterocycles. The molecule has 3 rings (SSSR count). The van der Waals surface area contributed by atoms with Crippen LogP contribution in [0.4, 0.5) is 10.5 Å². The van der Waals surface area contributed by atoms with Crippen LogP contribution in [0.5, 0.6) is 0 Å². The first-order chi connectivity index (χ1) is 13.7. The molecule has 1 N–H and O–H groups in total. The summed E-state index contributed by atoms with van der Waals surface area (Å²) in [6, 6.07) is 7.88. The van der Waals surface area contributed by atoms with Crippen LogP contribution in [0.25, 0.3) is 11.3 Å². The minimum atomic E-state index is -0.510. The Kier molecular flexibility index (Phi) is 6.22. The van der Waals surface area contributed by atoms with E-state index >= 15 is 0 Å². The number of hydrogen-bond acceptors (Lipinski definition) is 5. The molecule has 0 bridgehead atoms. The van der Waals surface area contributed by atoms with E-state index in [9.17, 15) is 9.59 Å². The third-order valence-electron chi connectivity index (χ3n) is 4.47. The summed E-state index contributed by atoms with van der Waals surface area (Å²) in [5.41, 5.74) is 3.36. The normalized spacial score (nSPS) is 13.2. The fourth-order valence-electron chi connectivity index (χ4n) is 3.03. The number of benzene rings is 1. The molecule has 8 nitrogen and oxygen atoms in total. The number of likely N-dealkylation sites (N-methyl/N-ethyl adjacent to an activating group) is 1. The summed E-state index contributed by atoms with van der Waals surface area (Å²) in [5.74, 6) is 0.0235. The van der Waals surface area contributed by atoms with Crippen molar-refractivity contribution in [2.24, 2.45) is 0 Å². The molecule has 0 unspecified atom stereocenters. The monoisotopic (exact) mass is 400 g/mol. The van der Waals surface area contributed by atoms with E-state index in [1.54, 1.807) is 13.2 Å². The van der Waals surface area contributed by atoms with E-state index in [1.807, 2.05) is 49.7 Å². The predicted octanol–water partition coefficient (Wildman–Crippen LogP) is 2.93. The average Bonchev–Trinajstić information content (AvgIpc) is 3.24. The van der Waals surface area contributed by atoms with Crippen molar-refractivity contribution in [3.05, 3.63) is 36.0 Å². The molecule has 0 atom stereocenters. The Labute approximate surface area is 170 Å². The molecule has 8 heteroatoms. The van der Waals surface area contributed by atoms with Crippen LogP contribution in [0, 0.1) is 0 Å². The van der Waals surface area contributed by atoms with E-state index in [0.29, 0.717) is 32.7 Å². The second-order valence-corrected chi connectivity index (χ2v) is 8.05. The fourth-order valence-corrected chi connectivity index (χ4v) is 3.03. The number of carbonyl (C=O) groups excluding carboxylic acids is 2. The number of rotatable bonds is 7. The molecule has 0 saturated carbocycles. The van der Waals surface area contributed by atoms with Gasteiger partial charge in [0, 0.05) is 31.0 Å². The maximum absolute atomic E-state index is 11.9. The van der Waals surface area contributed by atoms with Gasteiger partial charge in [-0.05, 0) is 44.5 Å². The molecule has 2 amide bonds. The molecular formula is C21H28N4O4. The van der Waals surface area contributed by atoms with E-state index in [1.165, 1.54) is 4.90 Å². The van der Waals surface area contributed by atoms with Gasteiger partial charge in [-0.2, -0.15) is 5.10 Å². The number of ether oxygens (including phenoxy) is 2. The lowest BCUT2D eigenvalue weighted by Gasteiger charge is -2.24. The highest BCUT2D eigenvalue weighted by Gasteiger charge is 2.20. The maximum Gasteiger partial charge on any atom is 0.410 e. The van der Waals surface area contributed by atoms with Gasteiger partial charge in [0.1, 0.15) is 5.60 Å². The lowest BCUT2D eigenvalue weighted by atomic mass is 10.1. The molecule has 156 valence electrons. The highest BCUT2D eigenvalue weighted by Crippen LogP contribution is 2.28. The lowest BCUT2D eigenvalue weighted by Crippen LogP contribution is -2.36. The number of anilines is 1. The van der Waals surface area contributed by atoms with Gasteiger partial charge in [-0.1, -0.05) is 6.07 Å². The van der Waals surface area contributed by atoms with Crippen molar-refractivity contribution < 1.29 is 19.1 Å². The van der Waals surface area contributed by atoms with E-state index in [-0.39, 0.29) is 12.0 Å². The lowest BCUT2D eigenvalue weighted by molar-refractivity contribution is -0.115. The minimum Gasteiger partial charge on any atom is -0.444 e. The highest BCUT2D eigenvalue weighted by molar-refractivity contribution is 5.99. The van der Waals surface area contributed by atoms with E-state index < -0.39 is 5.60 Å². The number of hydrogen-bond donors (Lipinski definition) is 1. The molecule has 2 aromatic rings. The first kappa shape index (κ1) is 20.9. The van der Waals surface area contributed by atoms with Crippen molar-refractivity contribution in [2.75, 3.05) is 32.1 Å². The number of aromatic nitrogens is 2. The van der Waals surface area contributed by atoms with E-state index in [4.69, 9.17) is 9.47 Å². The van der Waals surface area contributed by atoms with Crippen LogP contribution >= 0.6 is 0 Å². The smallest absolute Gasteiger partial charge is 0.410 e. The molecule has 1 aromatic carbocycles. The Morgan fingerprint density at radius 1 is 1.28 bits per heavy atom. The zero-order valence-electron chi connectivity index (χ0n) is 17.4. The molecule has 0 aliphatic carbocycles. The second kappa shape index (κ2) is 8.65. The van der Waals surface area contributed by atoms with Crippen LogP contribution in [0.3, 0.4) is 0 Å². The van der Waals surface area contributed by atoms with Crippen LogP contribution in [-0.2, 0) is 27.2 Å². The summed E-state index contributed by atoms with van der Waals surface area (Å²) in [6.07, 6.45) is 1.80.